The van der Waals surface area contributed by atoms with Gasteiger partial charge in [0, 0.05) is 52.4 Å². The fourth-order valence-corrected chi connectivity index (χ4v) is 3.70. The van der Waals surface area contributed by atoms with Crippen LogP contribution in [0.15, 0.2) is 0 Å². The Bertz CT molecular complexity index is 886. The van der Waals surface area contributed by atoms with Crippen LogP contribution in [0, 0.1) is 0 Å². The van der Waals surface area contributed by atoms with Crippen molar-refractivity contribution in [3.05, 3.63) is 0 Å². The van der Waals surface area contributed by atoms with E-state index in [1.165, 1.54) is 0 Å². The maximum absolute atomic E-state index is 12.5. The standard InChI is InChI=1S/C22H37N7O11/c30-16(23-9-17(31)25-11-19(33)34)10-24-18(32)12-26-1-3-27(13-20(35)36)5-7-29(15-22(39)40)8-6-28(4-2-26)14-21(37)38/h1-15H2,(H,23,30)(H,24,32)(H,25,31)(H,33,34)(H,35,36)(H,37,38)(H,39,40). The zero-order valence-corrected chi connectivity index (χ0v) is 22.0. The van der Waals surface area contributed by atoms with Gasteiger partial charge in [0.15, 0.2) is 0 Å². The number of amides is 3. The highest BCUT2D eigenvalue weighted by molar-refractivity contribution is 5.89. The second-order valence-corrected chi connectivity index (χ2v) is 9.01. The van der Waals surface area contributed by atoms with Crippen molar-refractivity contribution in [2.45, 2.75) is 0 Å². The van der Waals surface area contributed by atoms with E-state index in [0.29, 0.717) is 0 Å². The summed E-state index contributed by atoms with van der Waals surface area (Å²) in [4.78, 5) is 86.8. The van der Waals surface area contributed by atoms with E-state index < -0.39 is 61.2 Å². The van der Waals surface area contributed by atoms with Gasteiger partial charge in [0.05, 0.1) is 39.3 Å². The van der Waals surface area contributed by atoms with Crippen molar-refractivity contribution in [1.82, 2.24) is 35.6 Å². The minimum atomic E-state index is -1.24. The summed E-state index contributed by atoms with van der Waals surface area (Å²) in [6, 6.07) is 0. The molecule has 1 aliphatic rings. The van der Waals surface area contributed by atoms with Gasteiger partial charge in [-0.25, -0.2) is 0 Å². The molecule has 226 valence electrons. The van der Waals surface area contributed by atoms with Gasteiger partial charge in [0.1, 0.15) is 6.54 Å². The molecule has 40 heavy (non-hydrogen) atoms. The summed E-state index contributed by atoms with van der Waals surface area (Å²) in [6.45, 7) is -0.718. The summed E-state index contributed by atoms with van der Waals surface area (Å²) < 4.78 is 0. The first kappa shape index (κ1) is 34.2. The van der Waals surface area contributed by atoms with Gasteiger partial charge < -0.3 is 36.4 Å². The van der Waals surface area contributed by atoms with E-state index in [1.807, 2.05) is 0 Å². The number of carboxylic acids is 4. The molecule has 0 aromatic heterocycles. The lowest BCUT2D eigenvalue weighted by atomic mass is 10.3. The maximum Gasteiger partial charge on any atom is 0.322 e. The molecule has 0 aromatic carbocycles. The van der Waals surface area contributed by atoms with E-state index in [9.17, 15) is 48.9 Å². The fraction of sp³-hybridized carbons (Fsp3) is 0.682. The summed E-state index contributed by atoms with van der Waals surface area (Å²) in [6.07, 6.45) is 0. The molecule has 0 saturated carbocycles. The molecule has 1 heterocycles. The number of hydrogen-bond acceptors (Lipinski definition) is 11. The normalized spacial score (nSPS) is 16.6. The van der Waals surface area contributed by atoms with Crippen LogP contribution in [0.2, 0.25) is 0 Å². The molecule has 0 bridgehead atoms. The fourth-order valence-electron chi connectivity index (χ4n) is 3.70. The zero-order chi connectivity index (χ0) is 30.1. The monoisotopic (exact) mass is 575 g/mol. The second-order valence-electron chi connectivity index (χ2n) is 9.01. The lowest BCUT2D eigenvalue weighted by molar-refractivity contribution is -0.140. The minimum absolute atomic E-state index is 0.181. The van der Waals surface area contributed by atoms with Crippen molar-refractivity contribution in [2.75, 3.05) is 98.2 Å². The third-order valence-electron chi connectivity index (χ3n) is 5.70. The predicted molar refractivity (Wildman–Crippen MR) is 135 cm³/mol. The van der Waals surface area contributed by atoms with Gasteiger partial charge in [0.25, 0.3) is 0 Å². The topological polar surface area (TPSA) is 249 Å². The van der Waals surface area contributed by atoms with Crippen LogP contribution in [0.3, 0.4) is 0 Å². The molecule has 0 aromatic rings. The third kappa shape index (κ3) is 16.9. The Kier molecular flexibility index (Phi) is 15.7. The predicted octanol–water partition coefficient (Wildman–Crippen LogP) is -5.11. The summed E-state index contributed by atoms with van der Waals surface area (Å²) in [5.41, 5.74) is 0. The van der Waals surface area contributed by atoms with Crippen molar-refractivity contribution in [3.8, 4) is 0 Å². The van der Waals surface area contributed by atoms with Crippen LogP contribution in [-0.4, -0.2) is 180 Å². The first-order valence-corrected chi connectivity index (χ1v) is 12.4. The van der Waals surface area contributed by atoms with E-state index >= 15 is 0 Å². The Morgan fingerprint density at radius 2 is 0.675 bits per heavy atom. The SMILES string of the molecule is O=C(O)CNC(=O)CNC(=O)CNC(=O)CN1CCN(CC(=O)O)CCN(CC(=O)O)CCN(CC(=O)O)CC1. The second kappa shape index (κ2) is 18.4. The number of carbonyl (C=O) groups is 7. The summed E-state index contributed by atoms with van der Waals surface area (Å²) in [7, 11) is 0. The van der Waals surface area contributed by atoms with E-state index in [4.69, 9.17) is 5.11 Å². The van der Waals surface area contributed by atoms with Gasteiger partial charge in [-0.3, -0.25) is 53.2 Å². The lowest BCUT2D eigenvalue weighted by Crippen LogP contribution is -2.50. The summed E-state index contributed by atoms with van der Waals surface area (Å²) in [5, 5.41) is 43.0. The molecule has 0 spiro atoms. The van der Waals surface area contributed by atoms with Gasteiger partial charge in [0.2, 0.25) is 17.7 Å². The van der Waals surface area contributed by atoms with E-state index in [1.54, 1.807) is 19.6 Å². The highest BCUT2D eigenvalue weighted by Gasteiger charge is 2.21. The van der Waals surface area contributed by atoms with Crippen LogP contribution < -0.4 is 16.0 Å². The molecule has 18 heteroatoms. The van der Waals surface area contributed by atoms with Crippen molar-refractivity contribution in [1.29, 1.82) is 0 Å². The Labute approximate surface area is 229 Å². The number of carbonyl (C=O) groups excluding carboxylic acids is 3. The van der Waals surface area contributed by atoms with E-state index in [-0.39, 0.29) is 78.5 Å². The number of nitrogens with zero attached hydrogens (tertiary/aromatic N) is 4. The highest BCUT2D eigenvalue weighted by Crippen LogP contribution is 2.01. The molecule has 0 atom stereocenters. The van der Waals surface area contributed by atoms with Gasteiger partial charge in [-0.1, -0.05) is 0 Å². The molecule has 3 amide bonds. The van der Waals surface area contributed by atoms with Crippen LogP contribution in [0.4, 0.5) is 0 Å². The molecule has 0 unspecified atom stereocenters. The average molecular weight is 576 g/mol. The molecule has 1 rings (SSSR count). The van der Waals surface area contributed by atoms with Crippen molar-refractivity contribution in [3.63, 3.8) is 0 Å². The number of aliphatic carboxylic acids is 4. The zero-order valence-electron chi connectivity index (χ0n) is 22.0. The minimum Gasteiger partial charge on any atom is -0.480 e. The Hall–Kier alpha value is -3.87. The van der Waals surface area contributed by atoms with Gasteiger partial charge >= 0.3 is 23.9 Å². The third-order valence-corrected chi connectivity index (χ3v) is 5.70. The largest absolute Gasteiger partial charge is 0.480 e. The molecule has 0 radical (unpaired) electrons. The van der Waals surface area contributed by atoms with Gasteiger partial charge in [-0.05, 0) is 0 Å². The van der Waals surface area contributed by atoms with Crippen LogP contribution in [0.5, 0.6) is 0 Å². The Morgan fingerprint density at radius 3 is 0.975 bits per heavy atom. The molecular formula is C22H37N7O11. The molecular weight excluding hydrogens is 538 g/mol. The Balaban J connectivity index is 2.77. The first-order valence-electron chi connectivity index (χ1n) is 12.4. The summed E-state index contributed by atoms with van der Waals surface area (Å²) >= 11 is 0. The van der Waals surface area contributed by atoms with Crippen LogP contribution in [0.1, 0.15) is 0 Å². The van der Waals surface area contributed by atoms with Crippen molar-refractivity contribution < 1.29 is 54.0 Å². The van der Waals surface area contributed by atoms with Crippen LogP contribution >= 0.6 is 0 Å². The van der Waals surface area contributed by atoms with Gasteiger partial charge in [-0.15, -0.1) is 0 Å². The van der Waals surface area contributed by atoms with Crippen molar-refractivity contribution >= 4 is 41.6 Å². The number of carboxylic acid groups (broad SMARTS) is 4. The molecule has 0 aliphatic carbocycles. The molecule has 1 aliphatic heterocycles. The van der Waals surface area contributed by atoms with Crippen molar-refractivity contribution in [2.24, 2.45) is 0 Å². The smallest absolute Gasteiger partial charge is 0.322 e. The molecule has 1 saturated heterocycles. The van der Waals surface area contributed by atoms with E-state index in [0.717, 1.165) is 0 Å². The number of rotatable bonds is 14. The van der Waals surface area contributed by atoms with Gasteiger partial charge in [-0.2, -0.15) is 0 Å². The number of hydrogen-bond donors (Lipinski definition) is 7. The number of nitrogens with one attached hydrogen (secondary N) is 3. The van der Waals surface area contributed by atoms with E-state index in [2.05, 4.69) is 16.0 Å². The van der Waals surface area contributed by atoms with Crippen LogP contribution in [0.25, 0.3) is 0 Å². The quantitative estimate of drug-likeness (QED) is 0.102. The molecule has 18 nitrogen and oxygen atoms in total. The maximum atomic E-state index is 12.5. The molecule has 1 fully saturated rings. The first-order chi connectivity index (χ1) is 18.8. The highest BCUT2D eigenvalue weighted by atomic mass is 16.4. The van der Waals surface area contributed by atoms with Crippen LogP contribution in [-0.2, 0) is 33.6 Å². The average Bonchev–Trinajstić information content (AvgIpc) is 2.85. The Morgan fingerprint density at radius 1 is 0.400 bits per heavy atom. The lowest BCUT2D eigenvalue weighted by Gasteiger charge is -2.32. The molecule has 7 N–H and O–H groups in total. The summed E-state index contributed by atoms with van der Waals surface area (Å²) in [5.74, 6) is -6.39.